The predicted octanol–water partition coefficient (Wildman–Crippen LogP) is 5.76. The average Bonchev–Trinajstić information content (AvgIpc) is 3.27. The van der Waals surface area contributed by atoms with Gasteiger partial charge < -0.3 is 9.88 Å². The molecule has 0 unspecified atom stereocenters. The summed E-state index contributed by atoms with van der Waals surface area (Å²) in [5, 5.41) is 1.07. The quantitative estimate of drug-likeness (QED) is 0.434. The van der Waals surface area contributed by atoms with Gasteiger partial charge in [-0.15, -0.1) is 0 Å². The van der Waals surface area contributed by atoms with Gasteiger partial charge in [-0.3, -0.25) is 9.78 Å². The summed E-state index contributed by atoms with van der Waals surface area (Å²) in [4.78, 5) is 22.9. The van der Waals surface area contributed by atoms with Crippen LogP contribution in [0, 0.1) is 18.6 Å². The van der Waals surface area contributed by atoms with Crippen molar-refractivity contribution in [1.29, 1.82) is 0 Å². The molecular formula is C27H25F2N3O. The highest BCUT2D eigenvalue weighted by Gasteiger charge is 2.27. The third-order valence-electron chi connectivity index (χ3n) is 6.53. The Bertz CT molecular complexity index is 1290. The van der Waals surface area contributed by atoms with Crippen LogP contribution in [-0.2, 0) is 6.42 Å². The standard InChI is InChI=1S/C27H25F2N3O/c1-17-5-2-9-25-20(17)14-26(31-25)27(33)32-12-4-6-19(16-32)24-11-10-18(15-30-24)13-21-22(28)7-3-8-23(21)29/h2-3,5,7-11,14-15,19,31H,4,6,12-13,16H2,1H3/t19-/m0/s1. The number of carbonyl (C=O) groups is 1. The van der Waals surface area contributed by atoms with E-state index in [1.165, 1.54) is 18.2 Å². The lowest BCUT2D eigenvalue weighted by Crippen LogP contribution is -2.39. The maximum absolute atomic E-state index is 14.0. The van der Waals surface area contributed by atoms with Crippen molar-refractivity contribution in [1.82, 2.24) is 14.9 Å². The lowest BCUT2D eigenvalue weighted by molar-refractivity contribution is 0.0701. The molecule has 2 aromatic heterocycles. The molecule has 4 aromatic rings. The Labute approximate surface area is 191 Å². The summed E-state index contributed by atoms with van der Waals surface area (Å²) in [6, 6.07) is 15.6. The number of aromatic amines is 1. The molecule has 1 aliphatic heterocycles. The number of H-pyrrole nitrogens is 1. The molecule has 5 rings (SSSR count). The molecular weight excluding hydrogens is 420 g/mol. The van der Waals surface area contributed by atoms with E-state index in [9.17, 15) is 13.6 Å². The summed E-state index contributed by atoms with van der Waals surface area (Å²) in [6.45, 7) is 3.35. The van der Waals surface area contributed by atoms with Crippen LogP contribution in [0.4, 0.5) is 8.78 Å². The van der Waals surface area contributed by atoms with E-state index in [0.717, 1.165) is 40.6 Å². The number of carbonyl (C=O) groups excluding carboxylic acids is 1. The number of nitrogens with one attached hydrogen (secondary N) is 1. The predicted molar refractivity (Wildman–Crippen MR) is 124 cm³/mol. The van der Waals surface area contributed by atoms with E-state index in [1.54, 1.807) is 6.20 Å². The van der Waals surface area contributed by atoms with E-state index in [0.29, 0.717) is 18.8 Å². The van der Waals surface area contributed by atoms with Gasteiger partial charge in [-0.25, -0.2) is 8.78 Å². The van der Waals surface area contributed by atoms with Gasteiger partial charge in [0.05, 0.1) is 0 Å². The van der Waals surface area contributed by atoms with Crippen LogP contribution in [0.3, 0.4) is 0 Å². The van der Waals surface area contributed by atoms with Gasteiger partial charge in [0, 0.05) is 53.8 Å². The van der Waals surface area contributed by atoms with Gasteiger partial charge in [-0.2, -0.15) is 0 Å². The maximum atomic E-state index is 14.0. The van der Waals surface area contributed by atoms with Crippen molar-refractivity contribution >= 4 is 16.8 Å². The highest BCUT2D eigenvalue weighted by Crippen LogP contribution is 2.28. The smallest absolute Gasteiger partial charge is 0.270 e. The molecule has 1 N–H and O–H groups in total. The number of fused-ring (bicyclic) bond motifs is 1. The Balaban J connectivity index is 1.30. The Kier molecular flexibility index (Phi) is 5.67. The second-order valence-electron chi connectivity index (χ2n) is 8.78. The Morgan fingerprint density at radius 2 is 1.91 bits per heavy atom. The first-order valence-electron chi connectivity index (χ1n) is 11.2. The number of amides is 1. The van der Waals surface area contributed by atoms with Crippen molar-refractivity contribution < 1.29 is 13.6 Å². The Morgan fingerprint density at radius 3 is 2.64 bits per heavy atom. The summed E-state index contributed by atoms with van der Waals surface area (Å²) in [5.74, 6) is -0.963. The Hall–Kier alpha value is -3.54. The number of hydrogen-bond acceptors (Lipinski definition) is 2. The molecule has 0 spiro atoms. The second kappa shape index (κ2) is 8.77. The monoisotopic (exact) mass is 445 g/mol. The first-order valence-corrected chi connectivity index (χ1v) is 11.2. The molecule has 1 fully saturated rings. The average molecular weight is 446 g/mol. The van der Waals surface area contributed by atoms with E-state index in [-0.39, 0.29) is 23.8 Å². The fourth-order valence-corrected chi connectivity index (χ4v) is 4.68. The van der Waals surface area contributed by atoms with Crippen LogP contribution in [-0.4, -0.2) is 33.9 Å². The lowest BCUT2D eigenvalue weighted by Gasteiger charge is -2.32. The van der Waals surface area contributed by atoms with E-state index in [4.69, 9.17) is 0 Å². The molecule has 3 heterocycles. The lowest BCUT2D eigenvalue weighted by atomic mass is 9.93. The molecule has 1 atom stereocenters. The number of aryl methyl sites for hydroxylation is 1. The van der Waals surface area contributed by atoms with Crippen molar-refractivity contribution in [2.75, 3.05) is 13.1 Å². The SMILES string of the molecule is Cc1cccc2[nH]c(C(=O)N3CCC[C@H](c4ccc(Cc5c(F)cccc5F)cn4)C3)cc12. The van der Waals surface area contributed by atoms with Gasteiger partial charge in [-0.1, -0.05) is 24.3 Å². The van der Waals surface area contributed by atoms with Gasteiger partial charge in [-0.05, 0) is 61.2 Å². The summed E-state index contributed by atoms with van der Waals surface area (Å²) in [6.07, 6.45) is 3.69. The third-order valence-corrected chi connectivity index (χ3v) is 6.53. The molecule has 2 aromatic carbocycles. The number of likely N-dealkylation sites (tertiary alicyclic amines) is 1. The summed E-state index contributed by atoms with van der Waals surface area (Å²) in [5.41, 5.74) is 4.41. The van der Waals surface area contributed by atoms with Crippen LogP contribution in [0.15, 0.2) is 60.8 Å². The fraction of sp³-hybridized carbons (Fsp3) is 0.259. The molecule has 6 heteroatoms. The minimum Gasteiger partial charge on any atom is -0.351 e. The fourth-order valence-electron chi connectivity index (χ4n) is 4.68. The molecule has 1 aliphatic rings. The van der Waals surface area contributed by atoms with Crippen molar-refractivity contribution in [2.24, 2.45) is 0 Å². The number of aromatic nitrogens is 2. The van der Waals surface area contributed by atoms with Crippen LogP contribution in [0.25, 0.3) is 10.9 Å². The molecule has 0 radical (unpaired) electrons. The van der Waals surface area contributed by atoms with Crippen LogP contribution in [0.5, 0.6) is 0 Å². The highest BCUT2D eigenvalue weighted by molar-refractivity contribution is 5.98. The molecule has 1 amide bonds. The van der Waals surface area contributed by atoms with Crippen LogP contribution >= 0.6 is 0 Å². The zero-order chi connectivity index (χ0) is 22.9. The number of benzene rings is 2. The summed E-state index contributed by atoms with van der Waals surface area (Å²) < 4.78 is 27.9. The number of rotatable bonds is 4. The van der Waals surface area contributed by atoms with Crippen molar-refractivity contribution in [2.45, 2.75) is 32.1 Å². The molecule has 168 valence electrons. The highest BCUT2D eigenvalue weighted by atomic mass is 19.1. The normalized spacial score (nSPS) is 16.3. The zero-order valence-electron chi connectivity index (χ0n) is 18.4. The number of piperidine rings is 1. The number of nitrogens with zero attached hydrogens (tertiary/aromatic N) is 2. The largest absolute Gasteiger partial charge is 0.351 e. The topological polar surface area (TPSA) is 49.0 Å². The van der Waals surface area contributed by atoms with E-state index < -0.39 is 11.6 Å². The van der Waals surface area contributed by atoms with Gasteiger partial charge in [0.2, 0.25) is 0 Å². The molecule has 4 nitrogen and oxygen atoms in total. The maximum Gasteiger partial charge on any atom is 0.270 e. The van der Waals surface area contributed by atoms with Crippen molar-refractivity contribution in [3.8, 4) is 0 Å². The van der Waals surface area contributed by atoms with Gasteiger partial charge in [0.25, 0.3) is 5.91 Å². The number of pyridine rings is 1. The van der Waals surface area contributed by atoms with Gasteiger partial charge >= 0.3 is 0 Å². The van der Waals surface area contributed by atoms with Crippen LogP contribution in [0.2, 0.25) is 0 Å². The van der Waals surface area contributed by atoms with Gasteiger partial charge in [0.15, 0.2) is 0 Å². The second-order valence-corrected chi connectivity index (χ2v) is 8.78. The van der Waals surface area contributed by atoms with E-state index >= 15 is 0 Å². The first kappa shape index (κ1) is 21.3. The molecule has 0 bridgehead atoms. The van der Waals surface area contributed by atoms with Crippen molar-refractivity contribution in [3.05, 3.63) is 101 Å². The molecule has 33 heavy (non-hydrogen) atoms. The summed E-state index contributed by atoms with van der Waals surface area (Å²) in [7, 11) is 0. The zero-order valence-corrected chi connectivity index (χ0v) is 18.4. The number of halogens is 2. The van der Waals surface area contributed by atoms with Gasteiger partial charge in [0.1, 0.15) is 17.3 Å². The van der Waals surface area contributed by atoms with Crippen LogP contribution < -0.4 is 0 Å². The summed E-state index contributed by atoms with van der Waals surface area (Å²) >= 11 is 0. The number of hydrogen-bond donors (Lipinski definition) is 1. The van der Waals surface area contributed by atoms with Crippen LogP contribution in [0.1, 0.15) is 51.6 Å². The molecule has 0 saturated carbocycles. The minimum absolute atomic E-state index is 0.00180. The van der Waals surface area contributed by atoms with Crippen molar-refractivity contribution in [3.63, 3.8) is 0 Å². The first-order chi connectivity index (χ1) is 16.0. The van der Waals surface area contributed by atoms with E-state index in [1.807, 2.05) is 48.2 Å². The minimum atomic E-state index is -0.548. The van der Waals surface area contributed by atoms with E-state index in [2.05, 4.69) is 9.97 Å². The Morgan fingerprint density at radius 1 is 1.12 bits per heavy atom. The molecule has 0 aliphatic carbocycles. The molecule has 1 saturated heterocycles. The third kappa shape index (κ3) is 4.25.